The number of alkyl halides is 3. The number of benzene rings is 3. The molecule has 3 heterocycles. The minimum absolute atomic E-state index is 0.182. The van der Waals surface area contributed by atoms with E-state index in [1.165, 1.54) is 30.3 Å². The van der Waals surface area contributed by atoms with Crippen LogP contribution in [0.3, 0.4) is 0 Å². The lowest BCUT2D eigenvalue weighted by Gasteiger charge is -2.29. The highest BCUT2D eigenvalue weighted by Crippen LogP contribution is 2.53. The second-order valence-electron chi connectivity index (χ2n) is 9.72. The summed E-state index contributed by atoms with van der Waals surface area (Å²) in [5.41, 5.74) is -0.207. The van der Waals surface area contributed by atoms with Crippen LogP contribution in [-0.4, -0.2) is 34.6 Å². The topological polar surface area (TPSA) is 109 Å². The Balaban J connectivity index is 1.25. The van der Waals surface area contributed by atoms with Crippen LogP contribution in [0.5, 0.6) is 5.75 Å². The summed E-state index contributed by atoms with van der Waals surface area (Å²) in [6.45, 7) is -0.343. The quantitative estimate of drug-likeness (QED) is 0.218. The monoisotopic (exact) mass is 629 g/mol. The minimum atomic E-state index is -4.67. The molecule has 1 fully saturated rings. The zero-order valence-electron chi connectivity index (χ0n) is 21.7. The molecule has 0 aliphatic carbocycles. The molecule has 3 unspecified atom stereocenters. The smallest absolute Gasteiger partial charge is 0.416 e. The van der Waals surface area contributed by atoms with Crippen molar-refractivity contribution in [2.24, 2.45) is 5.92 Å². The van der Waals surface area contributed by atoms with Gasteiger partial charge in [0.25, 0.3) is 5.91 Å². The van der Waals surface area contributed by atoms with Crippen molar-refractivity contribution < 1.29 is 36.7 Å². The number of aromatic nitrogens is 1. The van der Waals surface area contributed by atoms with E-state index < -0.39 is 52.4 Å². The fourth-order valence-corrected chi connectivity index (χ4v) is 7.62. The van der Waals surface area contributed by atoms with Crippen LogP contribution in [0, 0.1) is 11.7 Å². The summed E-state index contributed by atoms with van der Waals surface area (Å²) >= 11 is 1.91. The van der Waals surface area contributed by atoms with E-state index in [4.69, 9.17) is 4.74 Å². The van der Waals surface area contributed by atoms with Crippen LogP contribution in [0.25, 0.3) is 0 Å². The summed E-state index contributed by atoms with van der Waals surface area (Å²) in [6.07, 6.45) is -4.67. The normalized spacial score (nSPS) is 19.6. The average molecular weight is 630 g/mol. The van der Waals surface area contributed by atoms with E-state index in [0.717, 1.165) is 46.2 Å². The standard InChI is InChI=1S/C29H19F4N3O5S2/c30-16-6-8-17(9-7-16)34-20(37)13-41-19-10-4-14(5-11-19)21-22-24(42-25-23(21)43-28(40)35-25)27(39)36(26(22)38)18-3-1-2-15(12-18)29(31,32)33/h1-12,21-22,24H,13H2,(H,34,37)(H,35,40). The Labute approximate surface area is 248 Å². The summed E-state index contributed by atoms with van der Waals surface area (Å²) in [5.74, 6) is -3.67. The molecule has 6 rings (SSSR count). The van der Waals surface area contributed by atoms with E-state index in [-0.39, 0.29) is 17.2 Å². The van der Waals surface area contributed by atoms with Gasteiger partial charge in [-0.1, -0.05) is 41.3 Å². The van der Waals surface area contributed by atoms with Crippen LogP contribution >= 0.6 is 23.1 Å². The number of nitrogens with zero attached hydrogens (tertiary/aromatic N) is 1. The molecule has 2 N–H and O–H groups in total. The van der Waals surface area contributed by atoms with Crippen molar-refractivity contribution >= 4 is 52.2 Å². The first-order valence-electron chi connectivity index (χ1n) is 12.7. The molecule has 220 valence electrons. The maximum Gasteiger partial charge on any atom is 0.416 e. The number of ether oxygens (including phenoxy) is 1. The predicted molar refractivity (Wildman–Crippen MR) is 151 cm³/mol. The van der Waals surface area contributed by atoms with E-state index in [2.05, 4.69) is 10.3 Å². The number of hydrogen-bond acceptors (Lipinski definition) is 7. The SMILES string of the molecule is O=C(COc1ccc(C2c3sc(=O)[nH]c3SC3C(=O)N(c4cccc(C(F)(F)F)c4)C(=O)C32)cc1)Nc1ccc(F)cc1. The van der Waals surface area contributed by atoms with Gasteiger partial charge in [-0.3, -0.25) is 19.2 Å². The van der Waals surface area contributed by atoms with Gasteiger partial charge in [-0.25, -0.2) is 9.29 Å². The summed E-state index contributed by atoms with van der Waals surface area (Å²) in [4.78, 5) is 55.4. The molecule has 43 heavy (non-hydrogen) atoms. The van der Waals surface area contributed by atoms with Crippen LogP contribution < -0.4 is 19.8 Å². The number of hydrogen-bond donors (Lipinski definition) is 2. The number of H-pyrrole nitrogens is 1. The summed E-state index contributed by atoms with van der Waals surface area (Å²) in [5, 5.41) is 2.02. The molecule has 0 spiro atoms. The Kier molecular flexibility index (Phi) is 7.34. The summed E-state index contributed by atoms with van der Waals surface area (Å²) < 4.78 is 58.8. The van der Waals surface area contributed by atoms with E-state index >= 15 is 0 Å². The van der Waals surface area contributed by atoms with Crippen molar-refractivity contribution in [2.75, 3.05) is 16.8 Å². The molecule has 3 atom stereocenters. The van der Waals surface area contributed by atoms with Crippen molar-refractivity contribution in [1.29, 1.82) is 0 Å². The molecular formula is C29H19F4N3O5S2. The van der Waals surface area contributed by atoms with Crippen LogP contribution in [-0.2, 0) is 20.6 Å². The van der Waals surface area contributed by atoms with Crippen molar-refractivity contribution in [3.8, 4) is 5.75 Å². The Morgan fingerprint density at radius 3 is 2.40 bits per heavy atom. The number of amides is 3. The molecule has 14 heteroatoms. The largest absolute Gasteiger partial charge is 0.484 e. The number of thioether (sulfide) groups is 1. The lowest BCUT2D eigenvalue weighted by Crippen LogP contribution is -2.32. The zero-order chi connectivity index (χ0) is 30.5. The number of aromatic amines is 1. The number of thiazole rings is 1. The maximum atomic E-state index is 13.8. The Morgan fingerprint density at radius 1 is 0.977 bits per heavy atom. The number of fused-ring (bicyclic) bond motifs is 2. The zero-order valence-corrected chi connectivity index (χ0v) is 23.3. The Bertz CT molecular complexity index is 1790. The highest BCUT2D eigenvalue weighted by molar-refractivity contribution is 8.00. The highest BCUT2D eigenvalue weighted by Gasteiger charge is 2.56. The molecule has 0 saturated carbocycles. The lowest BCUT2D eigenvalue weighted by atomic mass is 9.83. The third kappa shape index (κ3) is 5.55. The van der Waals surface area contributed by atoms with E-state index in [0.29, 0.717) is 26.9 Å². The first kappa shape index (κ1) is 28.7. The molecule has 0 bridgehead atoms. The van der Waals surface area contributed by atoms with Gasteiger partial charge in [0.15, 0.2) is 6.61 Å². The molecule has 3 aromatic carbocycles. The number of nitrogens with one attached hydrogen (secondary N) is 2. The molecular weight excluding hydrogens is 610 g/mol. The van der Waals surface area contributed by atoms with E-state index in [1.807, 2.05) is 0 Å². The second kappa shape index (κ2) is 11.0. The molecule has 1 aromatic heterocycles. The molecule has 2 aliphatic rings. The number of anilines is 2. The average Bonchev–Trinajstić information content (AvgIpc) is 3.47. The van der Waals surface area contributed by atoms with Crippen LogP contribution in [0.2, 0.25) is 0 Å². The van der Waals surface area contributed by atoms with E-state index in [1.54, 1.807) is 24.3 Å². The molecule has 1 saturated heterocycles. The van der Waals surface area contributed by atoms with Crippen molar-refractivity contribution in [3.63, 3.8) is 0 Å². The molecule has 4 aromatic rings. The fraction of sp³-hybridized carbons (Fsp3) is 0.172. The third-order valence-electron chi connectivity index (χ3n) is 6.99. The first-order valence-corrected chi connectivity index (χ1v) is 14.4. The number of rotatable bonds is 6. The Morgan fingerprint density at radius 2 is 1.70 bits per heavy atom. The predicted octanol–water partition coefficient (Wildman–Crippen LogP) is 5.41. The third-order valence-corrected chi connectivity index (χ3v) is 9.39. The molecule has 3 amide bonds. The number of carbonyl (C=O) groups is 3. The second-order valence-corrected chi connectivity index (χ2v) is 11.9. The van der Waals surface area contributed by atoms with Gasteiger partial charge in [0.05, 0.1) is 22.2 Å². The van der Waals surface area contributed by atoms with Crippen molar-refractivity contribution in [1.82, 2.24) is 4.98 Å². The molecule has 8 nitrogen and oxygen atoms in total. The Hall–Kier alpha value is -4.43. The van der Waals surface area contributed by atoms with Gasteiger partial charge in [-0.2, -0.15) is 13.2 Å². The van der Waals surface area contributed by atoms with Gasteiger partial charge in [0, 0.05) is 16.5 Å². The number of carbonyl (C=O) groups excluding carboxylic acids is 3. The first-order chi connectivity index (χ1) is 20.5. The van der Waals surface area contributed by atoms with E-state index in [9.17, 15) is 36.7 Å². The van der Waals surface area contributed by atoms with Crippen molar-refractivity contribution in [3.05, 3.63) is 104 Å². The van der Waals surface area contributed by atoms with Crippen LogP contribution in [0.4, 0.5) is 28.9 Å². The molecule has 2 aliphatic heterocycles. The number of halogens is 4. The van der Waals surface area contributed by atoms with Gasteiger partial charge < -0.3 is 15.0 Å². The fourth-order valence-electron chi connectivity index (χ4n) is 5.10. The van der Waals surface area contributed by atoms with Crippen molar-refractivity contribution in [2.45, 2.75) is 22.4 Å². The van der Waals surface area contributed by atoms with Crippen LogP contribution in [0.15, 0.2) is 82.6 Å². The van der Waals surface area contributed by atoms with Gasteiger partial charge in [0.1, 0.15) is 16.8 Å². The summed E-state index contributed by atoms with van der Waals surface area (Å²) in [6, 6.07) is 15.7. The minimum Gasteiger partial charge on any atom is -0.484 e. The summed E-state index contributed by atoms with van der Waals surface area (Å²) in [7, 11) is 0. The van der Waals surface area contributed by atoms with Gasteiger partial charge in [-0.05, 0) is 60.2 Å². The van der Waals surface area contributed by atoms with Gasteiger partial charge in [-0.15, -0.1) is 0 Å². The highest BCUT2D eigenvalue weighted by atomic mass is 32.2. The maximum absolute atomic E-state index is 13.8. The van der Waals surface area contributed by atoms with Crippen LogP contribution in [0.1, 0.15) is 21.9 Å². The lowest BCUT2D eigenvalue weighted by molar-refractivity contribution is -0.137. The van der Waals surface area contributed by atoms with Gasteiger partial charge >= 0.3 is 11.0 Å². The number of imide groups is 1. The molecule has 0 radical (unpaired) electrons. The van der Waals surface area contributed by atoms with Gasteiger partial charge in [0.2, 0.25) is 11.8 Å².